The smallest absolute Gasteiger partial charge is 0.296 e. The Kier molecular flexibility index (Phi) is 8.65. The molecule has 0 saturated carbocycles. The van der Waals surface area contributed by atoms with Crippen molar-refractivity contribution in [2.75, 3.05) is 40.9 Å². The van der Waals surface area contributed by atoms with Crippen LogP contribution >= 0.6 is 24.0 Å². The number of anilines is 3. The van der Waals surface area contributed by atoms with Crippen molar-refractivity contribution in [3.05, 3.63) is 108 Å². The lowest BCUT2D eigenvalue weighted by molar-refractivity contribution is -0.113. The summed E-state index contributed by atoms with van der Waals surface area (Å²) >= 11 is 6.76. The van der Waals surface area contributed by atoms with Gasteiger partial charge in [-0.3, -0.25) is 28.5 Å². The Morgan fingerprint density at radius 2 is 1.57 bits per heavy atom. The highest BCUT2D eigenvalue weighted by molar-refractivity contribution is 8.27. The molecule has 4 heterocycles. The van der Waals surface area contributed by atoms with Crippen LogP contribution in [0.2, 0.25) is 0 Å². The van der Waals surface area contributed by atoms with Crippen LogP contribution in [-0.2, 0) is 18.4 Å². The highest BCUT2D eigenvalue weighted by Gasteiger charge is 2.38. The zero-order chi connectivity index (χ0) is 33.6. The van der Waals surface area contributed by atoms with Crippen LogP contribution in [0.1, 0.15) is 29.3 Å². The van der Waals surface area contributed by atoms with Crippen molar-refractivity contribution in [3.8, 4) is 11.8 Å². The molecule has 10 nitrogen and oxygen atoms in total. The fourth-order valence-corrected chi connectivity index (χ4v) is 7.46. The average molecular weight is 670 g/mol. The summed E-state index contributed by atoms with van der Waals surface area (Å²) in [6, 6.07) is 17.6. The number of amides is 1. The Morgan fingerprint density at radius 3 is 2.19 bits per heavy atom. The Bertz CT molecular complexity index is 2100. The first kappa shape index (κ1) is 32.0. The van der Waals surface area contributed by atoms with Gasteiger partial charge in [-0.25, -0.2) is 9.07 Å². The molecule has 2 fully saturated rings. The number of carbonyl (C=O) groups excluding carboxylic acids is 1. The first-order valence-electron chi connectivity index (χ1n) is 15.1. The van der Waals surface area contributed by atoms with E-state index < -0.39 is 11.5 Å². The quantitative estimate of drug-likeness (QED) is 0.215. The van der Waals surface area contributed by atoms with E-state index in [2.05, 4.69) is 15.9 Å². The fourth-order valence-electron chi connectivity index (χ4n) is 6.21. The Morgan fingerprint density at radius 1 is 0.936 bits per heavy atom. The van der Waals surface area contributed by atoms with Gasteiger partial charge >= 0.3 is 0 Å². The van der Waals surface area contributed by atoms with Gasteiger partial charge in [-0.1, -0.05) is 42.2 Å². The van der Waals surface area contributed by atoms with Crippen molar-refractivity contribution in [2.24, 2.45) is 7.05 Å². The first-order chi connectivity index (χ1) is 22.6. The largest absolute Gasteiger partial charge is 0.368 e. The molecule has 47 heavy (non-hydrogen) atoms. The summed E-state index contributed by atoms with van der Waals surface area (Å²) in [5.41, 5.74) is 2.57. The van der Waals surface area contributed by atoms with E-state index in [1.165, 1.54) is 21.7 Å². The van der Waals surface area contributed by atoms with Gasteiger partial charge in [0, 0.05) is 51.0 Å². The average Bonchev–Trinajstić information content (AvgIpc) is 3.47. The minimum Gasteiger partial charge on any atom is -0.368 e. The molecule has 0 atom stereocenters. The number of nitrogens with zero attached hydrogens (tertiary/aromatic N) is 7. The number of piperazine rings is 1. The van der Waals surface area contributed by atoms with Crippen LogP contribution in [0.3, 0.4) is 0 Å². The lowest BCUT2D eigenvalue weighted by atomic mass is 10.0. The maximum absolute atomic E-state index is 14.1. The summed E-state index contributed by atoms with van der Waals surface area (Å²) in [6.07, 6.45) is 1.69. The second-order valence-electron chi connectivity index (χ2n) is 11.3. The van der Waals surface area contributed by atoms with Gasteiger partial charge in [0.05, 0.1) is 16.3 Å². The minimum absolute atomic E-state index is 0.00641. The van der Waals surface area contributed by atoms with Crippen LogP contribution in [-0.4, -0.2) is 50.3 Å². The molecule has 0 bridgehead atoms. The van der Waals surface area contributed by atoms with Gasteiger partial charge in [-0.15, -0.1) is 0 Å². The third-order valence-electron chi connectivity index (χ3n) is 8.75. The number of hydrogen-bond acceptors (Lipinski definition) is 8. The van der Waals surface area contributed by atoms with Gasteiger partial charge in [0.15, 0.2) is 4.32 Å². The van der Waals surface area contributed by atoms with Gasteiger partial charge in [-0.05, 0) is 68.8 Å². The number of aromatic nitrogens is 3. The Balaban J connectivity index is 1.41. The highest BCUT2D eigenvalue weighted by atomic mass is 32.2. The molecule has 2 saturated heterocycles. The van der Waals surface area contributed by atoms with Crippen molar-refractivity contribution in [3.63, 3.8) is 0 Å². The van der Waals surface area contributed by atoms with E-state index in [1.807, 2.05) is 37.3 Å². The SMILES string of the molecule is CCn1c(N2CCN(c3ccc(F)cc3)CC2)c(/C=C2/SC(=S)N(c3c(C)n(C)n(-c4ccccc4)c3=O)C2=O)c(C)c(C#N)c1=O. The van der Waals surface area contributed by atoms with E-state index in [0.29, 0.717) is 61.0 Å². The van der Waals surface area contributed by atoms with E-state index in [0.717, 1.165) is 17.4 Å². The highest BCUT2D eigenvalue weighted by Crippen LogP contribution is 2.38. The molecule has 4 aromatic rings. The molecule has 6 rings (SSSR count). The Hall–Kier alpha value is -4.93. The summed E-state index contributed by atoms with van der Waals surface area (Å²) < 4.78 is 18.5. The second kappa shape index (κ2) is 12.7. The van der Waals surface area contributed by atoms with Crippen molar-refractivity contribution in [1.29, 1.82) is 5.26 Å². The van der Waals surface area contributed by atoms with Crippen LogP contribution < -0.4 is 25.8 Å². The predicted octanol–water partition coefficient (Wildman–Crippen LogP) is 4.72. The van der Waals surface area contributed by atoms with E-state index >= 15 is 0 Å². The van der Waals surface area contributed by atoms with Crippen molar-refractivity contribution < 1.29 is 9.18 Å². The van der Waals surface area contributed by atoms with Crippen molar-refractivity contribution in [2.45, 2.75) is 27.3 Å². The van der Waals surface area contributed by atoms with Gasteiger partial charge in [0.1, 0.15) is 29.0 Å². The standard InChI is InChI=1S/C34H32FN7O3S2/c1-5-40-30(39-17-15-38(16-18-39)24-13-11-23(35)12-14-24)26(21(2)27(20-36)31(40)43)19-28-32(44)41(34(46)47-28)29-22(3)37(4)42(33(29)45)25-9-7-6-8-10-25/h6-14,19H,5,15-18H2,1-4H3/b28-19+. The van der Waals surface area contributed by atoms with Gasteiger partial charge < -0.3 is 9.80 Å². The molecule has 0 N–H and O–H groups in total. The maximum Gasteiger partial charge on any atom is 0.296 e. The maximum atomic E-state index is 14.1. The van der Waals surface area contributed by atoms with Crippen LogP contribution in [0.5, 0.6) is 0 Å². The second-order valence-corrected chi connectivity index (χ2v) is 13.0. The molecular formula is C34H32FN7O3S2. The van der Waals surface area contributed by atoms with E-state index in [9.17, 15) is 24.0 Å². The molecule has 2 aliphatic rings. The van der Waals surface area contributed by atoms with Crippen LogP contribution in [0.25, 0.3) is 11.8 Å². The third kappa shape index (κ3) is 5.47. The lowest BCUT2D eigenvalue weighted by Crippen LogP contribution is -2.48. The van der Waals surface area contributed by atoms with E-state index in [4.69, 9.17) is 12.2 Å². The first-order valence-corrected chi connectivity index (χ1v) is 16.3. The molecule has 0 unspecified atom stereocenters. The molecule has 1 amide bonds. The number of pyridine rings is 1. The van der Waals surface area contributed by atoms with E-state index in [-0.39, 0.29) is 31.9 Å². The number of carbonyl (C=O) groups is 1. The summed E-state index contributed by atoms with van der Waals surface area (Å²) in [5.74, 6) is -0.141. The number of nitriles is 1. The monoisotopic (exact) mass is 669 g/mol. The molecule has 13 heteroatoms. The normalized spacial score (nSPS) is 16.0. The number of thioether (sulfide) groups is 1. The molecule has 2 aromatic carbocycles. The minimum atomic E-state index is -0.453. The molecule has 240 valence electrons. The Labute approximate surface area is 280 Å². The number of halogens is 1. The molecule has 0 radical (unpaired) electrons. The van der Waals surface area contributed by atoms with E-state index in [1.54, 1.807) is 48.4 Å². The molecule has 2 aliphatic heterocycles. The van der Waals surface area contributed by atoms with Crippen LogP contribution in [0.15, 0.2) is 69.1 Å². The summed E-state index contributed by atoms with van der Waals surface area (Å²) in [7, 11) is 1.75. The van der Waals surface area contributed by atoms with Gasteiger partial charge in [-0.2, -0.15) is 5.26 Å². The van der Waals surface area contributed by atoms with Crippen LogP contribution in [0.4, 0.5) is 21.6 Å². The fraction of sp³-hybridized carbons (Fsp3) is 0.265. The zero-order valence-electron chi connectivity index (χ0n) is 26.4. The summed E-state index contributed by atoms with van der Waals surface area (Å²) in [5, 5.41) is 9.98. The van der Waals surface area contributed by atoms with Gasteiger partial charge in [0.25, 0.3) is 17.0 Å². The molecular weight excluding hydrogens is 638 g/mol. The number of hydrogen-bond donors (Lipinski definition) is 0. The topological polar surface area (TPSA) is 99.5 Å². The van der Waals surface area contributed by atoms with Crippen LogP contribution in [0, 0.1) is 31.0 Å². The predicted molar refractivity (Wildman–Crippen MR) is 188 cm³/mol. The number of para-hydroxylation sites is 1. The zero-order valence-corrected chi connectivity index (χ0v) is 28.0. The third-order valence-corrected chi connectivity index (χ3v) is 10.1. The van der Waals surface area contributed by atoms with Crippen molar-refractivity contribution >= 4 is 57.5 Å². The number of rotatable bonds is 6. The summed E-state index contributed by atoms with van der Waals surface area (Å²) in [6.45, 7) is 7.96. The summed E-state index contributed by atoms with van der Waals surface area (Å²) in [4.78, 5) is 47.2. The van der Waals surface area contributed by atoms with Crippen molar-refractivity contribution in [1.82, 2.24) is 13.9 Å². The molecule has 2 aromatic heterocycles. The lowest BCUT2D eigenvalue weighted by Gasteiger charge is -2.39. The molecule has 0 spiro atoms. The van der Waals surface area contributed by atoms with Gasteiger partial charge in [0.2, 0.25) is 0 Å². The number of thiocarbonyl (C=S) groups is 1. The molecule has 0 aliphatic carbocycles. The number of benzene rings is 2.